The lowest BCUT2D eigenvalue weighted by Gasteiger charge is -2.42. The number of aliphatic hydroxyl groups is 3. The van der Waals surface area contributed by atoms with Gasteiger partial charge in [-0.25, -0.2) is 0 Å². The normalized spacial score (nSPS) is 36.4. The number of aliphatic hydroxyl groups excluding tert-OH is 3. The van der Waals surface area contributed by atoms with E-state index in [1.807, 2.05) is 0 Å². The highest BCUT2D eigenvalue weighted by atomic mass is 16.7. The zero-order chi connectivity index (χ0) is 13.7. The molecule has 0 aromatic rings. The minimum atomic E-state index is -1.29. The van der Waals surface area contributed by atoms with E-state index in [-0.39, 0.29) is 12.6 Å². The van der Waals surface area contributed by atoms with Crippen molar-refractivity contribution in [2.45, 2.75) is 37.6 Å². The lowest BCUT2D eigenvalue weighted by molar-refractivity contribution is -0.271. The molecule has 1 fully saturated rings. The Morgan fingerprint density at radius 2 is 2.06 bits per heavy atom. The molecular formula is C10H20N2O6. The van der Waals surface area contributed by atoms with E-state index < -0.39 is 37.3 Å². The lowest BCUT2D eigenvalue weighted by atomic mass is 9.97. The summed E-state index contributed by atoms with van der Waals surface area (Å²) in [6.07, 6.45) is -4.47. The van der Waals surface area contributed by atoms with Gasteiger partial charge in [-0.2, -0.15) is 0 Å². The van der Waals surface area contributed by atoms with Crippen molar-refractivity contribution < 1.29 is 29.6 Å². The topological polar surface area (TPSA) is 120 Å². The van der Waals surface area contributed by atoms with E-state index in [9.17, 15) is 15.0 Å². The molecule has 1 aliphatic rings. The predicted octanol–water partition coefficient (Wildman–Crippen LogP) is -2.88. The molecule has 0 spiro atoms. The number of rotatable bonds is 5. The first-order chi connectivity index (χ1) is 8.51. The third kappa shape index (κ3) is 3.61. The van der Waals surface area contributed by atoms with Crippen LogP contribution in [0.5, 0.6) is 0 Å². The molecule has 1 aliphatic heterocycles. The average Bonchev–Trinajstić information content (AvgIpc) is 2.33. The number of ether oxygens (including phenoxy) is 2. The number of amides is 1. The van der Waals surface area contributed by atoms with Gasteiger partial charge in [-0.3, -0.25) is 10.1 Å². The molecule has 3 unspecified atom stereocenters. The van der Waals surface area contributed by atoms with Gasteiger partial charge in [-0.1, -0.05) is 0 Å². The van der Waals surface area contributed by atoms with Crippen LogP contribution in [0.15, 0.2) is 0 Å². The van der Waals surface area contributed by atoms with Crippen LogP contribution in [0.4, 0.5) is 0 Å². The molecule has 0 bridgehead atoms. The van der Waals surface area contributed by atoms with Gasteiger partial charge >= 0.3 is 0 Å². The Morgan fingerprint density at radius 1 is 1.39 bits per heavy atom. The molecule has 1 saturated heterocycles. The Morgan fingerprint density at radius 3 is 2.56 bits per heavy atom. The largest absolute Gasteiger partial charge is 0.394 e. The summed E-state index contributed by atoms with van der Waals surface area (Å²) >= 11 is 0. The first-order valence-corrected chi connectivity index (χ1v) is 5.67. The Kier molecular flexibility index (Phi) is 5.93. The molecule has 106 valence electrons. The van der Waals surface area contributed by atoms with Crippen LogP contribution >= 0.6 is 0 Å². The van der Waals surface area contributed by atoms with Crippen molar-refractivity contribution in [3.63, 3.8) is 0 Å². The van der Waals surface area contributed by atoms with E-state index in [0.717, 1.165) is 0 Å². The van der Waals surface area contributed by atoms with Crippen LogP contribution in [-0.2, 0) is 14.3 Å². The highest BCUT2D eigenvalue weighted by Gasteiger charge is 2.45. The van der Waals surface area contributed by atoms with Crippen LogP contribution in [0.3, 0.4) is 0 Å². The summed E-state index contributed by atoms with van der Waals surface area (Å²) in [6, 6.07) is -0.895. The number of nitrogens with one attached hydrogen (secondary N) is 2. The van der Waals surface area contributed by atoms with Crippen LogP contribution in [0.1, 0.15) is 6.92 Å². The summed E-state index contributed by atoms with van der Waals surface area (Å²) < 4.78 is 10.6. The maximum absolute atomic E-state index is 11.1. The van der Waals surface area contributed by atoms with E-state index in [0.29, 0.717) is 0 Å². The van der Waals surface area contributed by atoms with Crippen LogP contribution in [0.25, 0.3) is 0 Å². The predicted molar refractivity (Wildman–Crippen MR) is 60.4 cm³/mol. The van der Waals surface area contributed by atoms with Crippen molar-refractivity contribution in [3.05, 3.63) is 0 Å². The van der Waals surface area contributed by atoms with E-state index in [1.54, 1.807) is 7.05 Å². The summed E-state index contributed by atoms with van der Waals surface area (Å²) in [5, 5.41) is 33.8. The second-order valence-corrected chi connectivity index (χ2v) is 4.10. The molecular weight excluding hydrogens is 244 g/mol. The highest BCUT2D eigenvalue weighted by molar-refractivity contribution is 5.73. The SMILES string of the molecule is CNCO[C@@H]1OC(CO)[C@H](O)C(O)C1NC(C)=O. The van der Waals surface area contributed by atoms with Gasteiger partial charge < -0.3 is 30.1 Å². The van der Waals surface area contributed by atoms with Gasteiger partial charge in [0.25, 0.3) is 0 Å². The molecule has 0 saturated carbocycles. The Labute approximate surface area is 105 Å². The second kappa shape index (κ2) is 6.98. The van der Waals surface area contributed by atoms with Crippen molar-refractivity contribution >= 4 is 5.91 Å². The van der Waals surface area contributed by atoms with Crippen LogP contribution in [-0.4, -0.2) is 72.3 Å². The molecule has 18 heavy (non-hydrogen) atoms. The van der Waals surface area contributed by atoms with Crippen molar-refractivity contribution in [3.8, 4) is 0 Å². The van der Waals surface area contributed by atoms with E-state index in [4.69, 9.17) is 14.6 Å². The van der Waals surface area contributed by atoms with Crippen molar-refractivity contribution in [1.29, 1.82) is 0 Å². The van der Waals surface area contributed by atoms with Crippen molar-refractivity contribution in [2.24, 2.45) is 0 Å². The Balaban J connectivity index is 2.76. The quantitative estimate of drug-likeness (QED) is 0.338. The number of hydrogen-bond acceptors (Lipinski definition) is 7. The lowest BCUT2D eigenvalue weighted by Crippen LogP contribution is -2.64. The van der Waals surface area contributed by atoms with Gasteiger partial charge in [0.05, 0.1) is 13.3 Å². The summed E-state index contributed by atoms with van der Waals surface area (Å²) in [5.41, 5.74) is 0. The summed E-state index contributed by atoms with van der Waals surface area (Å²) in [4.78, 5) is 11.1. The third-order valence-electron chi connectivity index (χ3n) is 2.64. The third-order valence-corrected chi connectivity index (χ3v) is 2.64. The molecule has 8 heteroatoms. The Hall–Kier alpha value is -0.770. The summed E-state index contributed by atoms with van der Waals surface area (Å²) in [5.74, 6) is -0.379. The smallest absolute Gasteiger partial charge is 0.217 e. The summed E-state index contributed by atoms with van der Waals surface area (Å²) in [7, 11) is 1.66. The standard InChI is InChI=1S/C10H20N2O6/c1-5(14)12-7-9(16)8(15)6(3-13)18-10(7)17-4-11-2/h6-11,13,15-16H,3-4H2,1-2H3,(H,12,14)/t6?,7?,8-,9?,10+/m0/s1. The Bertz CT molecular complexity index is 277. The number of carbonyl (C=O) groups is 1. The fourth-order valence-electron chi connectivity index (χ4n) is 1.78. The van der Waals surface area contributed by atoms with E-state index >= 15 is 0 Å². The number of carbonyl (C=O) groups excluding carboxylic acids is 1. The van der Waals surface area contributed by atoms with Crippen molar-refractivity contribution in [1.82, 2.24) is 10.6 Å². The molecule has 1 rings (SSSR count). The highest BCUT2D eigenvalue weighted by Crippen LogP contribution is 2.21. The first-order valence-electron chi connectivity index (χ1n) is 5.67. The molecule has 0 aromatic carbocycles. The van der Waals surface area contributed by atoms with Crippen LogP contribution in [0, 0.1) is 0 Å². The van der Waals surface area contributed by atoms with Gasteiger partial charge in [0, 0.05) is 6.92 Å². The zero-order valence-electron chi connectivity index (χ0n) is 10.4. The van der Waals surface area contributed by atoms with Gasteiger partial charge in [0.1, 0.15) is 24.4 Å². The van der Waals surface area contributed by atoms with Gasteiger partial charge in [-0.05, 0) is 7.05 Å². The van der Waals surface area contributed by atoms with Gasteiger partial charge in [-0.15, -0.1) is 0 Å². The van der Waals surface area contributed by atoms with Crippen molar-refractivity contribution in [2.75, 3.05) is 20.4 Å². The minimum Gasteiger partial charge on any atom is -0.394 e. The minimum absolute atomic E-state index is 0.141. The van der Waals surface area contributed by atoms with Gasteiger partial charge in [0.2, 0.25) is 5.91 Å². The van der Waals surface area contributed by atoms with E-state index in [1.165, 1.54) is 6.92 Å². The molecule has 0 radical (unpaired) electrons. The molecule has 0 aromatic heterocycles. The second-order valence-electron chi connectivity index (χ2n) is 4.10. The maximum Gasteiger partial charge on any atom is 0.217 e. The fraction of sp³-hybridized carbons (Fsp3) is 0.900. The molecule has 0 aliphatic carbocycles. The average molecular weight is 264 g/mol. The fourth-order valence-corrected chi connectivity index (χ4v) is 1.78. The maximum atomic E-state index is 11.1. The number of hydrogen-bond donors (Lipinski definition) is 5. The van der Waals surface area contributed by atoms with Gasteiger partial charge in [0.15, 0.2) is 6.29 Å². The molecule has 5 N–H and O–H groups in total. The molecule has 5 atom stereocenters. The van der Waals surface area contributed by atoms with Crippen LogP contribution in [0.2, 0.25) is 0 Å². The molecule has 8 nitrogen and oxygen atoms in total. The zero-order valence-corrected chi connectivity index (χ0v) is 10.4. The molecule has 1 amide bonds. The first kappa shape index (κ1) is 15.3. The monoisotopic (exact) mass is 264 g/mol. The molecule has 1 heterocycles. The summed E-state index contributed by atoms with van der Waals surface area (Å²) in [6.45, 7) is 0.971. The van der Waals surface area contributed by atoms with E-state index in [2.05, 4.69) is 10.6 Å². The van der Waals surface area contributed by atoms with Crippen LogP contribution < -0.4 is 10.6 Å².